The second kappa shape index (κ2) is 9.38. The van der Waals surface area contributed by atoms with Crippen LogP contribution in [0.4, 0.5) is 0 Å². The first-order valence-electron chi connectivity index (χ1n) is 8.39. The molecule has 0 saturated carbocycles. The summed E-state index contributed by atoms with van der Waals surface area (Å²) in [5, 5.41) is 2.69. The van der Waals surface area contributed by atoms with Gasteiger partial charge in [0.2, 0.25) is 15.9 Å². The molecule has 2 aromatic carbocycles. The third-order valence-electron chi connectivity index (χ3n) is 3.93. The van der Waals surface area contributed by atoms with Crippen LogP contribution in [-0.2, 0) is 21.2 Å². The Bertz CT molecular complexity index is 897. The summed E-state index contributed by atoms with van der Waals surface area (Å²) in [7, 11) is -0.572. The van der Waals surface area contributed by atoms with Crippen molar-refractivity contribution < 1.29 is 22.7 Å². The van der Waals surface area contributed by atoms with E-state index in [1.54, 1.807) is 51.5 Å². The number of ether oxygens (including phenoxy) is 2. The van der Waals surface area contributed by atoms with E-state index in [1.165, 1.54) is 6.07 Å². The first-order chi connectivity index (χ1) is 12.9. The first-order valence-corrected chi connectivity index (χ1v) is 9.88. The number of hydrogen-bond donors (Lipinski definition) is 2. The maximum atomic E-state index is 12.2. The quantitative estimate of drug-likeness (QED) is 0.677. The fraction of sp³-hybridized carbons (Fsp3) is 0.316. The van der Waals surface area contributed by atoms with Crippen LogP contribution in [0.3, 0.4) is 0 Å². The molecular formula is C19H24N2O5S. The molecule has 0 unspecified atom stereocenters. The summed E-state index contributed by atoms with van der Waals surface area (Å²) >= 11 is 0. The molecule has 146 valence electrons. The molecule has 8 heteroatoms. The van der Waals surface area contributed by atoms with Crippen LogP contribution >= 0.6 is 0 Å². The van der Waals surface area contributed by atoms with Gasteiger partial charge in [-0.25, -0.2) is 13.1 Å². The standard InChI is InChI=1S/C19H24N2O5S/c1-14-5-4-6-17(11-14)27(23,24)21-13-19(22)20-10-9-15-12-16(25-2)7-8-18(15)26-3/h4-8,11-12,21H,9-10,13H2,1-3H3,(H,20,22). The summed E-state index contributed by atoms with van der Waals surface area (Å²) in [5.41, 5.74) is 1.71. The van der Waals surface area contributed by atoms with E-state index < -0.39 is 15.9 Å². The number of amides is 1. The number of carbonyl (C=O) groups is 1. The molecule has 0 aromatic heterocycles. The van der Waals surface area contributed by atoms with Gasteiger partial charge in [-0.15, -0.1) is 0 Å². The van der Waals surface area contributed by atoms with Crippen molar-refractivity contribution >= 4 is 15.9 Å². The van der Waals surface area contributed by atoms with E-state index in [2.05, 4.69) is 10.0 Å². The average molecular weight is 392 g/mol. The Balaban J connectivity index is 1.86. The molecule has 0 bridgehead atoms. The number of carbonyl (C=O) groups excluding carboxylic acids is 1. The van der Waals surface area contributed by atoms with Crippen molar-refractivity contribution in [2.24, 2.45) is 0 Å². The minimum atomic E-state index is -3.72. The molecule has 2 rings (SSSR count). The second-order valence-electron chi connectivity index (χ2n) is 5.92. The van der Waals surface area contributed by atoms with Crippen LogP contribution in [0, 0.1) is 6.92 Å². The molecule has 0 saturated heterocycles. The zero-order chi connectivity index (χ0) is 19.9. The lowest BCUT2D eigenvalue weighted by molar-refractivity contribution is -0.119. The minimum Gasteiger partial charge on any atom is -0.497 e. The number of sulfonamides is 1. The predicted molar refractivity (Wildman–Crippen MR) is 103 cm³/mol. The zero-order valence-corrected chi connectivity index (χ0v) is 16.4. The Morgan fingerprint density at radius 1 is 1.07 bits per heavy atom. The Hall–Kier alpha value is -2.58. The van der Waals surface area contributed by atoms with Crippen molar-refractivity contribution in [2.75, 3.05) is 27.3 Å². The Morgan fingerprint density at radius 2 is 1.85 bits per heavy atom. The van der Waals surface area contributed by atoms with Crippen molar-refractivity contribution in [3.63, 3.8) is 0 Å². The van der Waals surface area contributed by atoms with E-state index in [9.17, 15) is 13.2 Å². The molecule has 1 amide bonds. The molecule has 27 heavy (non-hydrogen) atoms. The van der Waals surface area contributed by atoms with Crippen LogP contribution in [0.2, 0.25) is 0 Å². The van der Waals surface area contributed by atoms with E-state index >= 15 is 0 Å². The number of hydrogen-bond acceptors (Lipinski definition) is 5. The molecule has 0 heterocycles. The highest BCUT2D eigenvalue weighted by atomic mass is 32.2. The molecule has 0 spiro atoms. The highest BCUT2D eigenvalue weighted by Crippen LogP contribution is 2.24. The monoisotopic (exact) mass is 392 g/mol. The van der Waals surface area contributed by atoms with Gasteiger partial charge in [0.25, 0.3) is 0 Å². The van der Waals surface area contributed by atoms with E-state index in [0.29, 0.717) is 24.5 Å². The van der Waals surface area contributed by atoms with E-state index in [0.717, 1.165) is 11.1 Å². The third-order valence-corrected chi connectivity index (χ3v) is 5.33. The minimum absolute atomic E-state index is 0.136. The van der Waals surface area contributed by atoms with Crippen LogP contribution in [-0.4, -0.2) is 41.6 Å². The molecule has 0 fully saturated rings. The average Bonchev–Trinajstić information content (AvgIpc) is 2.66. The van der Waals surface area contributed by atoms with E-state index in [4.69, 9.17) is 9.47 Å². The number of aryl methyl sites for hydroxylation is 1. The van der Waals surface area contributed by atoms with Crippen molar-refractivity contribution in [3.05, 3.63) is 53.6 Å². The summed E-state index contributed by atoms with van der Waals surface area (Å²) in [6, 6.07) is 11.9. The molecule has 0 aliphatic rings. The first kappa shape index (κ1) is 20.7. The maximum Gasteiger partial charge on any atom is 0.241 e. The predicted octanol–water partition coefficient (Wildman–Crippen LogP) is 1.65. The highest BCUT2D eigenvalue weighted by molar-refractivity contribution is 7.89. The highest BCUT2D eigenvalue weighted by Gasteiger charge is 2.15. The largest absolute Gasteiger partial charge is 0.497 e. The molecule has 7 nitrogen and oxygen atoms in total. The fourth-order valence-corrected chi connectivity index (χ4v) is 3.59. The van der Waals surface area contributed by atoms with Crippen molar-refractivity contribution in [3.8, 4) is 11.5 Å². The van der Waals surface area contributed by atoms with Gasteiger partial charge >= 0.3 is 0 Å². The van der Waals surface area contributed by atoms with Gasteiger partial charge in [-0.3, -0.25) is 4.79 Å². The smallest absolute Gasteiger partial charge is 0.241 e. The van der Waals surface area contributed by atoms with Gasteiger partial charge in [0.15, 0.2) is 0 Å². The fourth-order valence-electron chi connectivity index (χ4n) is 2.50. The lowest BCUT2D eigenvalue weighted by Crippen LogP contribution is -2.37. The lowest BCUT2D eigenvalue weighted by atomic mass is 10.1. The third kappa shape index (κ3) is 5.97. The number of nitrogens with one attached hydrogen (secondary N) is 2. The Labute approximate surface area is 159 Å². The van der Waals surface area contributed by atoms with Gasteiger partial charge in [0, 0.05) is 6.54 Å². The summed E-state index contributed by atoms with van der Waals surface area (Å²) in [4.78, 5) is 12.1. The molecule has 0 radical (unpaired) electrons. The summed E-state index contributed by atoms with van der Waals surface area (Å²) < 4.78 is 37.2. The molecular weight excluding hydrogens is 368 g/mol. The van der Waals surface area contributed by atoms with Gasteiger partial charge in [-0.05, 0) is 54.8 Å². The normalized spacial score (nSPS) is 11.1. The number of benzene rings is 2. The van der Waals surface area contributed by atoms with Crippen molar-refractivity contribution in [2.45, 2.75) is 18.2 Å². The maximum absolute atomic E-state index is 12.2. The van der Waals surface area contributed by atoms with Gasteiger partial charge in [-0.1, -0.05) is 12.1 Å². The Morgan fingerprint density at radius 3 is 2.52 bits per heavy atom. The lowest BCUT2D eigenvalue weighted by Gasteiger charge is -2.11. The van der Waals surface area contributed by atoms with Gasteiger partial charge in [0.05, 0.1) is 25.7 Å². The van der Waals surface area contributed by atoms with E-state index in [-0.39, 0.29) is 11.4 Å². The molecule has 0 aliphatic carbocycles. The van der Waals surface area contributed by atoms with Crippen molar-refractivity contribution in [1.29, 1.82) is 0 Å². The topological polar surface area (TPSA) is 93.7 Å². The molecule has 2 aromatic rings. The van der Waals surface area contributed by atoms with Crippen LogP contribution in [0.15, 0.2) is 47.4 Å². The number of rotatable bonds is 9. The van der Waals surface area contributed by atoms with E-state index in [1.807, 2.05) is 6.07 Å². The zero-order valence-electron chi connectivity index (χ0n) is 15.6. The van der Waals surface area contributed by atoms with Gasteiger partial charge in [0.1, 0.15) is 11.5 Å². The number of methoxy groups -OCH3 is 2. The SMILES string of the molecule is COc1ccc(OC)c(CCNC(=O)CNS(=O)(=O)c2cccc(C)c2)c1. The molecule has 2 N–H and O–H groups in total. The van der Waals surface area contributed by atoms with Crippen LogP contribution in [0.25, 0.3) is 0 Å². The van der Waals surface area contributed by atoms with Gasteiger partial charge in [-0.2, -0.15) is 0 Å². The van der Waals surface area contributed by atoms with Gasteiger partial charge < -0.3 is 14.8 Å². The molecule has 0 atom stereocenters. The summed E-state index contributed by atoms with van der Waals surface area (Å²) in [5.74, 6) is 0.987. The van der Waals surface area contributed by atoms with Crippen molar-refractivity contribution in [1.82, 2.24) is 10.0 Å². The summed E-state index contributed by atoms with van der Waals surface area (Å²) in [6.07, 6.45) is 0.525. The Kier molecular flexibility index (Phi) is 7.20. The van der Waals surface area contributed by atoms with Crippen LogP contribution < -0.4 is 19.5 Å². The van der Waals surface area contributed by atoms with Crippen LogP contribution in [0.1, 0.15) is 11.1 Å². The summed E-state index contributed by atoms with van der Waals surface area (Å²) in [6.45, 7) is 1.82. The van der Waals surface area contributed by atoms with Crippen LogP contribution in [0.5, 0.6) is 11.5 Å². The molecule has 0 aliphatic heterocycles. The second-order valence-corrected chi connectivity index (χ2v) is 7.69.